The first-order valence-electron chi connectivity index (χ1n) is 8.08. The van der Waals surface area contributed by atoms with E-state index in [1.165, 1.54) is 0 Å². The molecule has 0 radical (unpaired) electrons. The number of anilines is 1. The van der Waals surface area contributed by atoms with Gasteiger partial charge < -0.3 is 19.4 Å². The van der Waals surface area contributed by atoms with Gasteiger partial charge in [-0.3, -0.25) is 4.79 Å². The summed E-state index contributed by atoms with van der Waals surface area (Å²) in [4.78, 5) is 23.2. The van der Waals surface area contributed by atoms with Crippen LogP contribution in [0.3, 0.4) is 0 Å². The monoisotopic (exact) mass is 352 g/mol. The molecule has 0 saturated heterocycles. The highest BCUT2D eigenvalue weighted by molar-refractivity contribution is 5.98. The van der Waals surface area contributed by atoms with Crippen molar-refractivity contribution in [3.05, 3.63) is 60.2 Å². The van der Waals surface area contributed by atoms with E-state index >= 15 is 0 Å². The van der Waals surface area contributed by atoms with Crippen LogP contribution in [-0.2, 0) is 6.54 Å². The number of carbonyl (C=O) groups is 1. The normalized spacial score (nSPS) is 10.4. The van der Waals surface area contributed by atoms with Gasteiger partial charge in [-0.05, 0) is 36.4 Å². The second-order valence-corrected chi connectivity index (χ2v) is 5.82. The molecule has 7 heteroatoms. The molecule has 134 valence electrons. The Balaban J connectivity index is 1.85. The smallest absolute Gasteiger partial charge is 0.256 e. The largest absolute Gasteiger partial charge is 0.497 e. The average Bonchev–Trinajstić information content (AvgIpc) is 3.19. The number of aromatic nitrogens is 2. The SMILES string of the molecule is COc1ccc(-c2ncc(C(=O)NCc3ccco3)c(N(C)C)n2)cc1. The van der Waals surface area contributed by atoms with Crippen LogP contribution in [0.5, 0.6) is 5.75 Å². The summed E-state index contributed by atoms with van der Waals surface area (Å²) in [6.07, 6.45) is 3.11. The van der Waals surface area contributed by atoms with Crippen LogP contribution in [0.1, 0.15) is 16.1 Å². The molecule has 0 atom stereocenters. The Morgan fingerprint density at radius 2 is 2.00 bits per heavy atom. The summed E-state index contributed by atoms with van der Waals surface area (Å²) in [5, 5.41) is 2.82. The lowest BCUT2D eigenvalue weighted by atomic mass is 10.2. The van der Waals surface area contributed by atoms with E-state index in [1.54, 1.807) is 36.6 Å². The van der Waals surface area contributed by atoms with E-state index in [0.29, 0.717) is 29.5 Å². The molecule has 1 aromatic carbocycles. The second kappa shape index (κ2) is 7.69. The van der Waals surface area contributed by atoms with Gasteiger partial charge >= 0.3 is 0 Å². The fraction of sp³-hybridized carbons (Fsp3) is 0.211. The molecule has 0 unspecified atom stereocenters. The van der Waals surface area contributed by atoms with Crippen molar-refractivity contribution in [2.24, 2.45) is 0 Å². The number of carbonyl (C=O) groups excluding carboxylic acids is 1. The van der Waals surface area contributed by atoms with Crippen molar-refractivity contribution >= 4 is 11.7 Å². The third-order valence-corrected chi connectivity index (χ3v) is 3.79. The predicted molar refractivity (Wildman–Crippen MR) is 98.2 cm³/mol. The molecule has 0 aliphatic rings. The topological polar surface area (TPSA) is 80.5 Å². The van der Waals surface area contributed by atoms with Gasteiger partial charge in [-0.15, -0.1) is 0 Å². The van der Waals surface area contributed by atoms with E-state index < -0.39 is 0 Å². The summed E-state index contributed by atoms with van der Waals surface area (Å²) in [7, 11) is 5.29. The second-order valence-electron chi connectivity index (χ2n) is 5.82. The van der Waals surface area contributed by atoms with Gasteiger partial charge in [-0.1, -0.05) is 0 Å². The van der Waals surface area contributed by atoms with E-state index in [1.807, 2.05) is 38.4 Å². The number of amides is 1. The molecule has 0 saturated carbocycles. The number of nitrogens with zero attached hydrogens (tertiary/aromatic N) is 3. The zero-order valence-corrected chi connectivity index (χ0v) is 14.9. The number of rotatable bonds is 6. The Kier molecular flexibility index (Phi) is 5.17. The van der Waals surface area contributed by atoms with Crippen molar-refractivity contribution in [1.82, 2.24) is 15.3 Å². The first-order valence-corrected chi connectivity index (χ1v) is 8.08. The van der Waals surface area contributed by atoms with Crippen molar-refractivity contribution in [3.8, 4) is 17.1 Å². The molecular formula is C19H20N4O3. The van der Waals surface area contributed by atoms with Crippen molar-refractivity contribution in [2.45, 2.75) is 6.54 Å². The van der Waals surface area contributed by atoms with Crippen LogP contribution in [0.2, 0.25) is 0 Å². The maximum absolute atomic E-state index is 12.5. The van der Waals surface area contributed by atoms with E-state index in [2.05, 4.69) is 15.3 Å². The Bertz CT molecular complexity index is 874. The lowest BCUT2D eigenvalue weighted by Gasteiger charge is -2.16. The minimum Gasteiger partial charge on any atom is -0.497 e. The zero-order valence-electron chi connectivity index (χ0n) is 14.9. The van der Waals surface area contributed by atoms with Crippen molar-refractivity contribution in [3.63, 3.8) is 0 Å². The highest BCUT2D eigenvalue weighted by Gasteiger charge is 2.17. The molecule has 1 amide bonds. The Labute approximate surface area is 151 Å². The van der Waals surface area contributed by atoms with Crippen LogP contribution < -0.4 is 15.0 Å². The number of furan rings is 1. The maximum atomic E-state index is 12.5. The van der Waals surface area contributed by atoms with Crippen LogP contribution in [0.15, 0.2) is 53.3 Å². The first-order chi connectivity index (χ1) is 12.6. The van der Waals surface area contributed by atoms with Crippen LogP contribution in [0.4, 0.5) is 5.82 Å². The van der Waals surface area contributed by atoms with Gasteiger partial charge in [0.25, 0.3) is 5.91 Å². The molecule has 0 aliphatic carbocycles. The zero-order chi connectivity index (χ0) is 18.5. The van der Waals surface area contributed by atoms with Crippen LogP contribution >= 0.6 is 0 Å². The summed E-state index contributed by atoms with van der Waals surface area (Å²) < 4.78 is 10.4. The molecule has 0 fully saturated rings. The van der Waals surface area contributed by atoms with Gasteiger partial charge in [0.2, 0.25) is 0 Å². The van der Waals surface area contributed by atoms with Gasteiger partial charge in [-0.25, -0.2) is 9.97 Å². The van der Waals surface area contributed by atoms with Crippen molar-refractivity contribution < 1.29 is 13.9 Å². The minimum atomic E-state index is -0.258. The maximum Gasteiger partial charge on any atom is 0.256 e. The number of nitrogens with one attached hydrogen (secondary N) is 1. The third-order valence-electron chi connectivity index (χ3n) is 3.79. The molecule has 26 heavy (non-hydrogen) atoms. The molecule has 3 aromatic rings. The van der Waals surface area contributed by atoms with Crippen LogP contribution in [0, 0.1) is 0 Å². The molecule has 0 aliphatic heterocycles. The summed E-state index contributed by atoms with van der Waals surface area (Å²) >= 11 is 0. The number of ether oxygens (including phenoxy) is 1. The van der Waals surface area contributed by atoms with Crippen molar-refractivity contribution in [1.29, 1.82) is 0 Å². The number of methoxy groups -OCH3 is 1. The molecular weight excluding hydrogens is 332 g/mol. The van der Waals surface area contributed by atoms with Crippen LogP contribution in [-0.4, -0.2) is 37.1 Å². The molecule has 2 aromatic heterocycles. The number of hydrogen-bond donors (Lipinski definition) is 1. The number of benzene rings is 1. The molecule has 1 N–H and O–H groups in total. The highest BCUT2D eigenvalue weighted by Crippen LogP contribution is 2.23. The Hall–Kier alpha value is -3.35. The molecule has 2 heterocycles. The fourth-order valence-corrected chi connectivity index (χ4v) is 2.43. The molecule has 3 rings (SSSR count). The number of hydrogen-bond acceptors (Lipinski definition) is 6. The summed E-state index contributed by atoms with van der Waals surface area (Å²) in [6, 6.07) is 11.0. The summed E-state index contributed by atoms with van der Waals surface area (Å²) in [6.45, 7) is 0.304. The van der Waals surface area contributed by atoms with Crippen molar-refractivity contribution in [2.75, 3.05) is 26.1 Å². The standard InChI is InChI=1S/C19H20N4O3/c1-23(2)18-16(19(24)21-11-15-5-4-10-26-15)12-20-17(22-18)13-6-8-14(25-3)9-7-13/h4-10,12H,11H2,1-3H3,(H,21,24). The highest BCUT2D eigenvalue weighted by atomic mass is 16.5. The first kappa shape index (κ1) is 17.5. The molecule has 0 spiro atoms. The predicted octanol–water partition coefficient (Wildman–Crippen LogP) is 2.74. The van der Waals surface area contributed by atoms with Gasteiger partial charge in [0.05, 0.1) is 19.9 Å². The van der Waals surface area contributed by atoms with Gasteiger partial charge in [-0.2, -0.15) is 0 Å². The third kappa shape index (κ3) is 3.83. The van der Waals surface area contributed by atoms with E-state index in [-0.39, 0.29) is 5.91 Å². The van der Waals surface area contributed by atoms with E-state index in [4.69, 9.17) is 9.15 Å². The lowest BCUT2D eigenvalue weighted by molar-refractivity contribution is 0.0948. The van der Waals surface area contributed by atoms with Gasteiger partial charge in [0.15, 0.2) is 5.82 Å². The summed E-state index contributed by atoms with van der Waals surface area (Å²) in [5.41, 5.74) is 1.25. The van der Waals surface area contributed by atoms with Gasteiger partial charge in [0, 0.05) is 25.9 Å². The quantitative estimate of drug-likeness (QED) is 0.735. The van der Waals surface area contributed by atoms with E-state index in [9.17, 15) is 4.79 Å². The lowest BCUT2D eigenvalue weighted by Crippen LogP contribution is -2.26. The Morgan fingerprint density at radius 1 is 1.23 bits per heavy atom. The van der Waals surface area contributed by atoms with Crippen LogP contribution in [0.25, 0.3) is 11.4 Å². The molecule has 7 nitrogen and oxygen atoms in total. The molecule has 0 bridgehead atoms. The van der Waals surface area contributed by atoms with Gasteiger partial charge in [0.1, 0.15) is 22.9 Å². The Morgan fingerprint density at radius 3 is 2.62 bits per heavy atom. The van der Waals surface area contributed by atoms with E-state index in [0.717, 1.165) is 11.3 Å². The fourth-order valence-electron chi connectivity index (χ4n) is 2.43. The average molecular weight is 352 g/mol. The minimum absolute atomic E-state index is 0.258. The summed E-state index contributed by atoms with van der Waals surface area (Å²) in [5.74, 6) is 2.27.